The van der Waals surface area contributed by atoms with Gasteiger partial charge in [-0.1, -0.05) is 20.8 Å². The van der Waals surface area contributed by atoms with Gasteiger partial charge in [0.15, 0.2) is 0 Å². The maximum Gasteiger partial charge on any atom is 0.242 e. The highest BCUT2D eigenvalue weighted by atomic mass is 16.2. The van der Waals surface area contributed by atoms with Crippen LogP contribution in [0.4, 0.5) is 0 Å². The molecule has 100 valence electrons. The van der Waals surface area contributed by atoms with Crippen LogP contribution in [0, 0.1) is 11.8 Å². The Morgan fingerprint density at radius 3 is 2.59 bits per heavy atom. The second-order valence-electron chi connectivity index (χ2n) is 6.00. The van der Waals surface area contributed by atoms with Crippen LogP contribution in [-0.4, -0.2) is 29.4 Å². The molecule has 1 amide bonds. The highest BCUT2D eigenvalue weighted by molar-refractivity contribution is 5.85. The molecule has 0 saturated carbocycles. The maximum absolute atomic E-state index is 12.3. The molecule has 1 aliphatic rings. The van der Waals surface area contributed by atoms with Crippen LogP contribution in [-0.2, 0) is 4.79 Å². The SMILES string of the molecule is CCC(C)(N)C(=O)N1CCCC(C(C)C)CC1. The Kier molecular flexibility index (Phi) is 4.99. The zero-order valence-corrected chi connectivity index (χ0v) is 11.8. The van der Waals surface area contributed by atoms with Crippen LogP contribution < -0.4 is 5.73 Å². The van der Waals surface area contributed by atoms with E-state index >= 15 is 0 Å². The Balaban J connectivity index is 2.60. The Hall–Kier alpha value is -0.570. The molecular formula is C14H28N2O. The van der Waals surface area contributed by atoms with Crippen molar-refractivity contribution in [1.82, 2.24) is 4.90 Å². The third-order valence-corrected chi connectivity index (χ3v) is 4.23. The van der Waals surface area contributed by atoms with Crippen LogP contribution in [0.25, 0.3) is 0 Å². The second kappa shape index (κ2) is 5.85. The third-order valence-electron chi connectivity index (χ3n) is 4.23. The van der Waals surface area contributed by atoms with E-state index in [1.165, 1.54) is 6.42 Å². The van der Waals surface area contributed by atoms with Crippen molar-refractivity contribution in [3.63, 3.8) is 0 Å². The van der Waals surface area contributed by atoms with Gasteiger partial charge in [0.1, 0.15) is 0 Å². The van der Waals surface area contributed by atoms with E-state index < -0.39 is 5.54 Å². The number of hydrogen-bond acceptors (Lipinski definition) is 2. The van der Waals surface area contributed by atoms with E-state index in [0.29, 0.717) is 6.42 Å². The molecule has 1 fully saturated rings. The highest BCUT2D eigenvalue weighted by Crippen LogP contribution is 2.25. The van der Waals surface area contributed by atoms with Gasteiger partial charge in [0.25, 0.3) is 0 Å². The molecule has 1 heterocycles. The molecule has 2 unspecified atom stereocenters. The van der Waals surface area contributed by atoms with Crippen LogP contribution in [0.15, 0.2) is 0 Å². The first-order chi connectivity index (χ1) is 7.88. The van der Waals surface area contributed by atoms with Gasteiger partial charge < -0.3 is 10.6 Å². The van der Waals surface area contributed by atoms with Gasteiger partial charge >= 0.3 is 0 Å². The van der Waals surface area contributed by atoms with E-state index in [-0.39, 0.29) is 5.91 Å². The zero-order chi connectivity index (χ0) is 13.1. The Morgan fingerprint density at radius 1 is 1.41 bits per heavy atom. The predicted molar refractivity (Wildman–Crippen MR) is 71.6 cm³/mol. The van der Waals surface area contributed by atoms with Crippen LogP contribution in [0.2, 0.25) is 0 Å². The number of likely N-dealkylation sites (tertiary alicyclic amines) is 1. The van der Waals surface area contributed by atoms with E-state index in [2.05, 4.69) is 13.8 Å². The van der Waals surface area contributed by atoms with Crippen molar-refractivity contribution < 1.29 is 4.79 Å². The summed E-state index contributed by atoms with van der Waals surface area (Å²) >= 11 is 0. The van der Waals surface area contributed by atoms with Gasteiger partial charge in [0.2, 0.25) is 5.91 Å². The van der Waals surface area contributed by atoms with Crippen molar-refractivity contribution in [2.24, 2.45) is 17.6 Å². The Morgan fingerprint density at radius 2 is 2.06 bits per heavy atom. The molecule has 1 rings (SSSR count). The van der Waals surface area contributed by atoms with Gasteiger partial charge in [0.05, 0.1) is 5.54 Å². The molecular weight excluding hydrogens is 212 g/mol. The first-order valence-corrected chi connectivity index (χ1v) is 6.96. The van der Waals surface area contributed by atoms with Gasteiger partial charge in [0, 0.05) is 13.1 Å². The monoisotopic (exact) mass is 240 g/mol. The molecule has 1 saturated heterocycles. The number of hydrogen-bond donors (Lipinski definition) is 1. The maximum atomic E-state index is 12.3. The average molecular weight is 240 g/mol. The van der Waals surface area contributed by atoms with E-state index in [0.717, 1.165) is 37.8 Å². The van der Waals surface area contributed by atoms with Crippen LogP contribution in [0.1, 0.15) is 53.4 Å². The fourth-order valence-corrected chi connectivity index (χ4v) is 2.50. The normalized spacial score (nSPS) is 25.5. The standard InChI is InChI=1S/C14H28N2O/c1-5-14(4,15)13(17)16-9-6-7-12(8-10-16)11(2)3/h11-12H,5-10,15H2,1-4H3. The van der Waals surface area contributed by atoms with Crippen molar-refractivity contribution in [1.29, 1.82) is 0 Å². The minimum absolute atomic E-state index is 0.129. The molecule has 0 aromatic heterocycles. The van der Waals surface area contributed by atoms with Crippen LogP contribution >= 0.6 is 0 Å². The summed E-state index contributed by atoms with van der Waals surface area (Å²) in [5.74, 6) is 1.61. The molecule has 17 heavy (non-hydrogen) atoms. The fraction of sp³-hybridized carbons (Fsp3) is 0.929. The third kappa shape index (κ3) is 3.70. The lowest BCUT2D eigenvalue weighted by Crippen LogP contribution is -2.53. The lowest BCUT2D eigenvalue weighted by molar-refractivity contribution is -0.136. The van der Waals surface area contributed by atoms with Crippen LogP contribution in [0.5, 0.6) is 0 Å². The van der Waals surface area contributed by atoms with Gasteiger partial charge in [-0.05, 0) is 44.4 Å². The van der Waals surface area contributed by atoms with Gasteiger partial charge in [-0.3, -0.25) is 4.79 Å². The number of rotatable bonds is 3. The van der Waals surface area contributed by atoms with E-state index in [1.807, 2.05) is 18.7 Å². The predicted octanol–water partition coefficient (Wildman–Crippen LogP) is 2.40. The first-order valence-electron chi connectivity index (χ1n) is 6.96. The summed E-state index contributed by atoms with van der Waals surface area (Å²) in [5, 5.41) is 0. The summed E-state index contributed by atoms with van der Waals surface area (Å²) in [6, 6.07) is 0. The molecule has 0 bridgehead atoms. The molecule has 2 atom stereocenters. The number of nitrogens with zero attached hydrogens (tertiary/aromatic N) is 1. The fourth-order valence-electron chi connectivity index (χ4n) is 2.50. The largest absolute Gasteiger partial charge is 0.341 e. The molecule has 0 aromatic carbocycles. The van der Waals surface area contributed by atoms with Crippen molar-refractivity contribution in [3.8, 4) is 0 Å². The number of amides is 1. The van der Waals surface area contributed by atoms with Gasteiger partial charge in [-0.25, -0.2) is 0 Å². The lowest BCUT2D eigenvalue weighted by Gasteiger charge is -2.30. The lowest BCUT2D eigenvalue weighted by atomic mass is 9.89. The number of carbonyl (C=O) groups excluding carboxylic acids is 1. The number of nitrogens with two attached hydrogens (primary N) is 1. The summed E-state index contributed by atoms with van der Waals surface area (Å²) in [4.78, 5) is 14.3. The van der Waals surface area contributed by atoms with Gasteiger partial charge in [-0.2, -0.15) is 0 Å². The topological polar surface area (TPSA) is 46.3 Å². The van der Waals surface area contributed by atoms with Crippen molar-refractivity contribution in [2.75, 3.05) is 13.1 Å². The Bertz CT molecular complexity index is 261. The van der Waals surface area contributed by atoms with E-state index in [1.54, 1.807) is 0 Å². The zero-order valence-electron chi connectivity index (χ0n) is 11.8. The molecule has 3 nitrogen and oxygen atoms in total. The molecule has 0 aromatic rings. The molecule has 3 heteroatoms. The first kappa shape index (κ1) is 14.5. The molecule has 0 aliphatic carbocycles. The molecule has 1 aliphatic heterocycles. The van der Waals surface area contributed by atoms with Crippen LogP contribution in [0.3, 0.4) is 0 Å². The Labute approximate surface area is 106 Å². The molecule has 2 N–H and O–H groups in total. The second-order valence-corrected chi connectivity index (χ2v) is 6.00. The van der Waals surface area contributed by atoms with E-state index in [9.17, 15) is 4.79 Å². The average Bonchev–Trinajstić information content (AvgIpc) is 2.53. The smallest absolute Gasteiger partial charge is 0.242 e. The van der Waals surface area contributed by atoms with Gasteiger partial charge in [-0.15, -0.1) is 0 Å². The van der Waals surface area contributed by atoms with Crippen molar-refractivity contribution >= 4 is 5.91 Å². The minimum atomic E-state index is -0.683. The summed E-state index contributed by atoms with van der Waals surface area (Å²) in [5.41, 5.74) is 5.36. The molecule has 0 radical (unpaired) electrons. The van der Waals surface area contributed by atoms with Crippen molar-refractivity contribution in [2.45, 2.75) is 58.9 Å². The molecule has 0 spiro atoms. The summed E-state index contributed by atoms with van der Waals surface area (Å²) in [6.45, 7) is 10.2. The van der Waals surface area contributed by atoms with Crippen molar-refractivity contribution in [3.05, 3.63) is 0 Å². The minimum Gasteiger partial charge on any atom is -0.341 e. The highest BCUT2D eigenvalue weighted by Gasteiger charge is 2.32. The quantitative estimate of drug-likeness (QED) is 0.823. The summed E-state index contributed by atoms with van der Waals surface area (Å²) in [7, 11) is 0. The summed E-state index contributed by atoms with van der Waals surface area (Å²) < 4.78 is 0. The van der Waals surface area contributed by atoms with E-state index in [4.69, 9.17) is 5.73 Å². The number of carbonyl (C=O) groups is 1. The summed E-state index contributed by atoms with van der Waals surface area (Å²) in [6.07, 6.45) is 4.20.